The van der Waals surface area contributed by atoms with Crippen molar-refractivity contribution in [2.24, 2.45) is 7.05 Å². The number of aryl methyl sites for hydroxylation is 2. The predicted octanol–water partition coefficient (Wildman–Crippen LogP) is 0.562. The van der Waals surface area contributed by atoms with Gasteiger partial charge in [-0.3, -0.25) is 0 Å². The molecule has 0 bridgehead atoms. The fourth-order valence-corrected chi connectivity index (χ4v) is 2.59. The molecule has 2 aromatic rings. The van der Waals surface area contributed by atoms with E-state index < -0.39 is 0 Å². The van der Waals surface area contributed by atoms with Crippen LogP contribution in [0.15, 0.2) is 5.16 Å². The van der Waals surface area contributed by atoms with Gasteiger partial charge in [-0.2, -0.15) is 15.0 Å². The average Bonchev–Trinajstić information content (AvgIpc) is 2.93. The van der Waals surface area contributed by atoms with Gasteiger partial charge in [0.2, 0.25) is 0 Å². The van der Waals surface area contributed by atoms with Crippen molar-refractivity contribution in [2.45, 2.75) is 37.7 Å². The standard InChI is InChI=1S/C11H18N6OS/c1-4-17-14-8(2)9(15-17)7-19-11-13-12-10(5-6-18)16(11)3/h18H,4-7H2,1-3H3. The normalized spacial score (nSPS) is 11.2. The van der Waals surface area contributed by atoms with Gasteiger partial charge in [-0.05, 0) is 13.8 Å². The molecule has 0 saturated heterocycles. The lowest BCUT2D eigenvalue weighted by molar-refractivity contribution is 0.295. The van der Waals surface area contributed by atoms with Gasteiger partial charge < -0.3 is 9.67 Å². The number of aliphatic hydroxyl groups excluding tert-OH is 1. The van der Waals surface area contributed by atoms with Gasteiger partial charge in [-0.15, -0.1) is 10.2 Å². The molecule has 2 aromatic heterocycles. The zero-order valence-corrected chi connectivity index (χ0v) is 12.2. The number of aliphatic hydroxyl groups is 1. The quantitative estimate of drug-likeness (QED) is 0.780. The third-order valence-corrected chi connectivity index (χ3v) is 3.83. The number of rotatable bonds is 6. The summed E-state index contributed by atoms with van der Waals surface area (Å²) in [6.07, 6.45) is 0.523. The predicted molar refractivity (Wildman–Crippen MR) is 71.8 cm³/mol. The zero-order chi connectivity index (χ0) is 13.8. The molecule has 2 heterocycles. The fraction of sp³-hybridized carbons (Fsp3) is 0.636. The van der Waals surface area contributed by atoms with Crippen LogP contribution in [-0.2, 0) is 25.8 Å². The molecule has 1 N–H and O–H groups in total. The molecule has 0 aliphatic heterocycles. The van der Waals surface area contributed by atoms with Crippen LogP contribution in [0.1, 0.15) is 24.1 Å². The Morgan fingerprint density at radius 1 is 1.26 bits per heavy atom. The highest BCUT2D eigenvalue weighted by atomic mass is 32.2. The molecule has 7 nitrogen and oxygen atoms in total. The van der Waals surface area contributed by atoms with Crippen molar-refractivity contribution in [1.82, 2.24) is 29.8 Å². The lowest BCUT2D eigenvalue weighted by Crippen LogP contribution is -2.02. The van der Waals surface area contributed by atoms with Gasteiger partial charge in [0.25, 0.3) is 0 Å². The molecule has 0 spiro atoms. The topological polar surface area (TPSA) is 81.6 Å². The Kier molecular flexibility index (Phi) is 4.54. The molecule has 0 atom stereocenters. The van der Waals surface area contributed by atoms with Gasteiger partial charge in [0.15, 0.2) is 5.16 Å². The van der Waals surface area contributed by atoms with Crippen molar-refractivity contribution in [2.75, 3.05) is 6.61 Å². The summed E-state index contributed by atoms with van der Waals surface area (Å²) < 4.78 is 1.90. The Bertz CT molecular complexity index is 549. The van der Waals surface area contributed by atoms with Crippen LogP contribution in [0.25, 0.3) is 0 Å². The summed E-state index contributed by atoms with van der Waals surface area (Å²) in [5.41, 5.74) is 1.92. The molecule has 0 aliphatic carbocycles. The maximum Gasteiger partial charge on any atom is 0.191 e. The molecular formula is C11H18N6OS. The highest BCUT2D eigenvalue weighted by molar-refractivity contribution is 7.98. The summed E-state index contributed by atoms with van der Waals surface area (Å²) in [5.74, 6) is 1.51. The van der Waals surface area contributed by atoms with Gasteiger partial charge >= 0.3 is 0 Å². The summed E-state index contributed by atoms with van der Waals surface area (Å²) in [5, 5.41) is 26.6. The van der Waals surface area contributed by atoms with E-state index in [1.807, 2.05) is 25.5 Å². The first-order valence-electron chi connectivity index (χ1n) is 6.18. The molecular weight excluding hydrogens is 264 g/mol. The van der Waals surface area contributed by atoms with Crippen LogP contribution in [0.4, 0.5) is 0 Å². The van der Waals surface area contributed by atoms with Crippen molar-refractivity contribution in [1.29, 1.82) is 0 Å². The van der Waals surface area contributed by atoms with Gasteiger partial charge in [0.1, 0.15) is 5.82 Å². The molecule has 19 heavy (non-hydrogen) atoms. The van der Waals surface area contributed by atoms with Crippen LogP contribution < -0.4 is 0 Å². The van der Waals surface area contributed by atoms with E-state index in [2.05, 4.69) is 20.4 Å². The summed E-state index contributed by atoms with van der Waals surface area (Å²) in [4.78, 5) is 1.69. The molecule has 0 aromatic carbocycles. The van der Waals surface area contributed by atoms with Crippen molar-refractivity contribution in [3.05, 3.63) is 17.2 Å². The Balaban J connectivity index is 2.03. The lowest BCUT2D eigenvalue weighted by atomic mass is 10.4. The second-order valence-corrected chi connectivity index (χ2v) is 5.08. The van der Waals surface area contributed by atoms with E-state index >= 15 is 0 Å². The van der Waals surface area contributed by atoms with Crippen LogP contribution in [0.3, 0.4) is 0 Å². The summed E-state index contributed by atoms with van der Waals surface area (Å²) in [6, 6.07) is 0. The Morgan fingerprint density at radius 2 is 2.05 bits per heavy atom. The van der Waals surface area contributed by atoms with Crippen molar-refractivity contribution in [3.63, 3.8) is 0 Å². The number of hydrogen-bond acceptors (Lipinski definition) is 6. The zero-order valence-electron chi connectivity index (χ0n) is 11.4. The third-order valence-electron chi connectivity index (χ3n) is 2.80. The smallest absolute Gasteiger partial charge is 0.191 e. The molecule has 0 fully saturated rings. The first kappa shape index (κ1) is 14.0. The van der Waals surface area contributed by atoms with E-state index in [0.29, 0.717) is 6.42 Å². The molecule has 0 aliphatic rings. The van der Waals surface area contributed by atoms with Crippen LogP contribution in [-0.4, -0.2) is 41.5 Å². The minimum atomic E-state index is 0.0839. The highest BCUT2D eigenvalue weighted by Crippen LogP contribution is 2.21. The average molecular weight is 282 g/mol. The van der Waals surface area contributed by atoms with Gasteiger partial charge in [-0.25, -0.2) is 0 Å². The lowest BCUT2D eigenvalue weighted by Gasteiger charge is -2.01. The van der Waals surface area contributed by atoms with E-state index in [9.17, 15) is 0 Å². The van der Waals surface area contributed by atoms with Crippen LogP contribution in [0, 0.1) is 6.92 Å². The molecule has 2 rings (SSSR count). The van der Waals surface area contributed by atoms with Crippen LogP contribution >= 0.6 is 11.8 Å². The van der Waals surface area contributed by atoms with Crippen molar-refractivity contribution < 1.29 is 5.11 Å². The number of thioether (sulfide) groups is 1. The number of hydrogen-bond donors (Lipinski definition) is 1. The van der Waals surface area contributed by atoms with Crippen molar-refractivity contribution >= 4 is 11.8 Å². The minimum absolute atomic E-state index is 0.0839. The fourth-order valence-electron chi connectivity index (χ4n) is 1.66. The number of aromatic nitrogens is 6. The first-order valence-corrected chi connectivity index (χ1v) is 7.16. The monoisotopic (exact) mass is 282 g/mol. The highest BCUT2D eigenvalue weighted by Gasteiger charge is 2.12. The summed E-state index contributed by atoms with van der Waals surface area (Å²) in [7, 11) is 1.91. The third kappa shape index (κ3) is 3.13. The molecule has 0 amide bonds. The second-order valence-electron chi connectivity index (χ2n) is 4.14. The Hall–Kier alpha value is -1.41. The molecule has 0 radical (unpaired) electrons. The van der Waals surface area contributed by atoms with E-state index in [0.717, 1.165) is 34.7 Å². The van der Waals surface area contributed by atoms with Crippen molar-refractivity contribution in [3.8, 4) is 0 Å². The van der Waals surface area contributed by atoms with E-state index in [-0.39, 0.29) is 6.61 Å². The molecule has 0 saturated carbocycles. The van der Waals surface area contributed by atoms with Gasteiger partial charge in [0.05, 0.1) is 24.5 Å². The number of nitrogens with zero attached hydrogens (tertiary/aromatic N) is 6. The van der Waals surface area contributed by atoms with Crippen LogP contribution in [0.5, 0.6) is 0 Å². The summed E-state index contributed by atoms with van der Waals surface area (Å²) in [6.45, 7) is 4.83. The summed E-state index contributed by atoms with van der Waals surface area (Å²) >= 11 is 1.58. The second kappa shape index (κ2) is 6.16. The minimum Gasteiger partial charge on any atom is -0.396 e. The molecule has 104 valence electrons. The van der Waals surface area contributed by atoms with Crippen LogP contribution in [0.2, 0.25) is 0 Å². The first-order chi connectivity index (χ1) is 9.15. The van der Waals surface area contributed by atoms with E-state index in [1.54, 1.807) is 16.6 Å². The largest absolute Gasteiger partial charge is 0.396 e. The van der Waals surface area contributed by atoms with Gasteiger partial charge in [0, 0.05) is 19.2 Å². The maximum atomic E-state index is 8.92. The SMILES string of the molecule is CCn1nc(C)c(CSc2nnc(CCO)n2C)n1. The maximum absolute atomic E-state index is 8.92. The van der Waals surface area contributed by atoms with Gasteiger partial charge in [-0.1, -0.05) is 11.8 Å². The Morgan fingerprint density at radius 3 is 2.68 bits per heavy atom. The van der Waals surface area contributed by atoms with E-state index in [1.165, 1.54) is 0 Å². The molecule has 8 heteroatoms. The molecule has 0 unspecified atom stereocenters. The Labute approximate surface area is 116 Å². The van der Waals surface area contributed by atoms with E-state index in [4.69, 9.17) is 5.11 Å².